The molecule has 140 valence electrons. The third kappa shape index (κ3) is 5.50. The lowest BCUT2D eigenvalue weighted by Gasteiger charge is -2.20. The third-order valence-corrected chi connectivity index (χ3v) is 5.85. The molecule has 0 bridgehead atoms. The van der Waals surface area contributed by atoms with Crippen LogP contribution in [0.2, 0.25) is 0 Å². The highest BCUT2D eigenvalue weighted by atomic mass is 32.2. The Hall–Kier alpha value is -2.47. The first-order valence-electron chi connectivity index (χ1n) is 8.93. The van der Waals surface area contributed by atoms with E-state index >= 15 is 0 Å². The smallest absolute Gasteiger partial charge is 0.240 e. The first kappa shape index (κ1) is 19.3. The zero-order chi connectivity index (χ0) is 19.1. The van der Waals surface area contributed by atoms with Crippen molar-refractivity contribution in [1.82, 2.24) is 10.0 Å². The summed E-state index contributed by atoms with van der Waals surface area (Å²) in [5, 5.41) is 3.46. The maximum atomic E-state index is 12.6. The number of hydrogen-bond donors (Lipinski definition) is 2. The monoisotopic (exact) mass is 380 g/mol. The summed E-state index contributed by atoms with van der Waals surface area (Å²) >= 11 is 0. The van der Waals surface area contributed by atoms with E-state index < -0.39 is 10.0 Å². The standard InChI is InChI=1S/C22H24N2O2S/c1-18-12-14-21(15-13-18)27(25,26)24-17-22(20-10-6-3-7-11-20)23-16-19-8-4-2-5-9-19/h2-15,22-24H,16-17H2,1H3/t22-/m0/s1. The zero-order valence-electron chi connectivity index (χ0n) is 15.3. The number of aryl methyl sites for hydroxylation is 1. The highest BCUT2D eigenvalue weighted by Crippen LogP contribution is 2.15. The maximum Gasteiger partial charge on any atom is 0.240 e. The molecule has 0 aliphatic carbocycles. The van der Waals surface area contributed by atoms with Crippen LogP contribution in [0.25, 0.3) is 0 Å². The van der Waals surface area contributed by atoms with Gasteiger partial charge in [0.1, 0.15) is 0 Å². The molecule has 2 N–H and O–H groups in total. The summed E-state index contributed by atoms with van der Waals surface area (Å²) in [7, 11) is -3.55. The van der Waals surface area contributed by atoms with E-state index in [4.69, 9.17) is 0 Å². The molecule has 0 amide bonds. The molecule has 0 spiro atoms. The Bertz CT molecular complexity index is 941. The van der Waals surface area contributed by atoms with Gasteiger partial charge in [0, 0.05) is 19.1 Å². The summed E-state index contributed by atoms with van der Waals surface area (Å²) in [6, 6.07) is 26.7. The molecule has 3 aromatic carbocycles. The van der Waals surface area contributed by atoms with E-state index in [1.807, 2.05) is 67.6 Å². The Labute approximate surface area is 161 Å². The Morgan fingerprint density at radius 3 is 2.04 bits per heavy atom. The molecule has 0 heterocycles. The van der Waals surface area contributed by atoms with Crippen LogP contribution in [-0.2, 0) is 16.6 Å². The minimum Gasteiger partial charge on any atom is -0.305 e. The lowest BCUT2D eigenvalue weighted by molar-refractivity contribution is 0.513. The minimum atomic E-state index is -3.55. The Kier molecular flexibility index (Phi) is 6.40. The molecule has 4 nitrogen and oxygen atoms in total. The lowest BCUT2D eigenvalue weighted by atomic mass is 10.1. The quantitative estimate of drug-likeness (QED) is 0.625. The molecule has 0 aliphatic rings. The Morgan fingerprint density at radius 1 is 0.815 bits per heavy atom. The van der Waals surface area contributed by atoms with Gasteiger partial charge in [0.05, 0.1) is 4.90 Å². The summed E-state index contributed by atoms with van der Waals surface area (Å²) in [5.74, 6) is 0. The van der Waals surface area contributed by atoms with Crippen molar-refractivity contribution in [2.75, 3.05) is 6.54 Å². The zero-order valence-corrected chi connectivity index (χ0v) is 16.1. The summed E-state index contributed by atoms with van der Waals surface area (Å²) < 4.78 is 28.0. The molecule has 27 heavy (non-hydrogen) atoms. The molecular weight excluding hydrogens is 356 g/mol. The summed E-state index contributed by atoms with van der Waals surface area (Å²) in [4.78, 5) is 0.281. The van der Waals surface area contributed by atoms with Crippen molar-refractivity contribution < 1.29 is 8.42 Å². The predicted molar refractivity (Wildman–Crippen MR) is 109 cm³/mol. The second-order valence-electron chi connectivity index (χ2n) is 6.49. The van der Waals surface area contributed by atoms with E-state index in [9.17, 15) is 8.42 Å². The normalized spacial score (nSPS) is 12.6. The van der Waals surface area contributed by atoms with E-state index in [0.717, 1.165) is 16.7 Å². The van der Waals surface area contributed by atoms with Crippen molar-refractivity contribution in [2.45, 2.75) is 24.4 Å². The molecule has 3 rings (SSSR count). The van der Waals surface area contributed by atoms with Gasteiger partial charge < -0.3 is 5.32 Å². The van der Waals surface area contributed by atoms with Gasteiger partial charge in [-0.2, -0.15) is 0 Å². The van der Waals surface area contributed by atoms with Crippen LogP contribution in [0.4, 0.5) is 0 Å². The average molecular weight is 381 g/mol. The molecule has 0 radical (unpaired) electrons. The van der Waals surface area contributed by atoms with Crippen LogP contribution in [0.15, 0.2) is 89.8 Å². The second kappa shape index (κ2) is 8.95. The first-order chi connectivity index (χ1) is 13.0. The molecular formula is C22H24N2O2S. The van der Waals surface area contributed by atoms with Gasteiger partial charge in [0.15, 0.2) is 0 Å². The van der Waals surface area contributed by atoms with Crippen molar-refractivity contribution in [3.63, 3.8) is 0 Å². The summed E-state index contributed by atoms with van der Waals surface area (Å²) in [6.45, 7) is 2.86. The van der Waals surface area contributed by atoms with Crippen LogP contribution >= 0.6 is 0 Å². The van der Waals surface area contributed by atoms with Crippen LogP contribution in [-0.4, -0.2) is 15.0 Å². The Morgan fingerprint density at radius 2 is 1.41 bits per heavy atom. The number of sulfonamides is 1. The molecule has 0 unspecified atom stereocenters. The number of hydrogen-bond acceptors (Lipinski definition) is 3. The topological polar surface area (TPSA) is 58.2 Å². The van der Waals surface area contributed by atoms with Gasteiger partial charge in [-0.1, -0.05) is 78.4 Å². The van der Waals surface area contributed by atoms with Crippen LogP contribution in [0, 0.1) is 6.92 Å². The predicted octanol–water partition coefficient (Wildman–Crippen LogP) is 3.80. The average Bonchev–Trinajstić information content (AvgIpc) is 2.70. The van der Waals surface area contributed by atoms with E-state index in [0.29, 0.717) is 6.54 Å². The molecule has 0 fully saturated rings. The van der Waals surface area contributed by atoms with E-state index in [2.05, 4.69) is 10.0 Å². The maximum absolute atomic E-state index is 12.6. The fraction of sp³-hybridized carbons (Fsp3) is 0.182. The van der Waals surface area contributed by atoms with Crippen LogP contribution < -0.4 is 10.0 Å². The molecule has 0 aliphatic heterocycles. The molecule has 5 heteroatoms. The van der Waals surface area contributed by atoms with Crippen molar-refractivity contribution >= 4 is 10.0 Å². The number of rotatable bonds is 8. The number of benzene rings is 3. The third-order valence-electron chi connectivity index (χ3n) is 4.41. The minimum absolute atomic E-state index is 0.133. The molecule has 0 saturated heterocycles. The number of nitrogens with one attached hydrogen (secondary N) is 2. The summed E-state index contributed by atoms with van der Waals surface area (Å²) in [6.07, 6.45) is 0. The largest absolute Gasteiger partial charge is 0.305 e. The van der Waals surface area contributed by atoms with Crippen molar-refractivity contribution in [3.8, 4) is 0 Å². The molecule has 1 atom stereocenters. The van der Waals surface area contributed by atoms with Crippen LogP contribution in [0.3, 0.4) is 0 Å². The SMILES string of the molecule is Cc1ccc(S(=O)(=O)NC[C@H](NCc2ccccc2)c2ccccc2)cc1. The van der Waals surface area contributed by atoms with Gasteiger partial charge in [-0.15, -0.1) is 0 Å². The van der Waals surface area contributed by atoms with Crippen molar-refractivity contribution in [1.29, 1.82) is 0 Å². The van der Waals surface area contributed by atoms with Crippen LogP contribution in [0.1, 0.15) is 22.7 Å². The van der Waals surface area contributed by atoms with Gasteiger partial charge >= 0.3 is 0 Å². The van der Waals surface area contributed by atoms with Gasteiger partial charge in [-0.3, -0.25) is 0 Å². The van der Waals surface area contributed by atoms with Gasteiger partial charge in [-0.25, -0.2) is 13.1 Å². The van der Waals surface area contributed by atoms with Crippen molar-refractivity contribution in [3.05, 3.63) is 102 Å². The summed E-state index contributed by atoms with van der Waals surface area (Å²) in [5.41, 5.74) is 3.22. The highest BCUT2D eigenvalue weighted by Gasteiger charge is 2.18. The highest BCUT2D eigenvalue weighted by molar-refractivity contribution is 7.89. The molecule has 3 aromatic rings. The fourth-order valence-electron chi connectivity index (χ4n) is 2.82. The van der Waals surface area contributed by atoms with E-state index in [-0.39, 0.29) is 17.5 Å². The van der Waals surface area contributed by atoms with Gasteiger partial charge in [0.2, 0.25) is 10.0 Å². The molecule has 0 aromatic heterocycles. The van der Waals surface area contributed by atoms with Crippen molar-refractivity contribution in [2.24, 2.45) is 0 Å². The first-order valence-corrected chi connectivity index (χ1v) is 10.4. The van der Waals surface area contributed by atoms with E-state index in [1.54, 1.807) is 24.3 Å². The fourth-order valence-corrected chi connectivity index (χ4v) is 3.87. The molecule has 0 saturated carbocycles. The van der Waals surface area contributed by atoms with Gasteiger partial charge in [-0.05, 0) is 30.2 Å². The van der Waals surface area contributed by atoms with Gasteiger partial charge in [0.25, 0.3) is 0 Å². The second-order valence-corrected chi connectivity index (χ2v) is 8.26. The Balaban J connectivity index is 1.72. The van der Waals surface area contributed by atoms with Crippen LogP contribution in [0.5, 0.6) is 0 Å². The lowest BCUT2D eigenvalue weighted by Crippen LogP contribution is -2.34. The van der Waals surface area contributed by atoms with E-state index in [1.165, 1.54) is 0 Å².